The maximum atomic E-state index is 13.5. The second-order valence-electron chi connectivity index (χ2n) is 7.49. The molecule has 5 rings (SSSR count). The molecule has 1 N–H and O–H groups in total. The summed E-state index contributed by atoms with van der Waals surface area (Å²) in [6.07, 6.45) is 0. The Labute approximate surface area is 192 Å². The topological polar surface area (TPSA) is 77.1 Å². The third-order valence-corrected chi connectivity index (χ3v) is 6.02. The van der Waals surface area contributed by atoms with E-state index < -0.39 is 0 Å². The molecule has 1 amide bonds. The van der Waals surface area contributed by atoms with Gasteiger partial charge in [0.25, 0.3) is 0 Å². The Bertz CT molecular complexity index is 1560. The van der Waals surface area contributed by atoms with Crippen molar-refractivity contribution < 1.29 is 13.6 Å². The highest BCUT2D eigenvalue weighted by atomic mass is 32.2. The molecule has 0 saturated carbocycles. The van der Waals surface area contributed by atoms with Crippen LogP contribution < -0.4 is 10.9 Å². The fourth-order valence-corrected chi connectivity index (χ4v) is 4.38. The molecule has 0 saturated heterocycles. The molecule has 0 fully saturated rings. The van der Waals surface area contributed by atoms with Gasteiger partial charge in [0.2, 0.25) is 11.5 Å². The quantitative estimate of drug-likeness (QED) is 0.285. The maximum Gasteiger partial charge on any atom is 0.302 e. The minimum Gasteiger partial charge on any atom is -0.448 e. The lowest BCUT2D eigenvalue weighted by Gasteiger charge is -2.12. The van der Waals surface area contributed by atoms with Crippen LogP contribution in [-0.4, -0.2) is 21.2 Å². The standard InChI is InChI=1S/C25H18FN3O3S/c1-15-5-4-6-18(13-15)29-24(31)23-22(19-7-2-3-8-20(19)32-23)28-25(29)33-14-21(30)27-17-11-9-16(26)10-12-17/h2-13H,14H2,1H3,(H,27,30). The van der Waals surface area contributed by atoms with Crippen molar-refractivity contribution in [1.82, 2.24) is 9.55 Å². The zero-order valence-electron chi connectivity index (χ0n) is 17.5. The molecule has 6 nitrogen and oxygen atoms in total. The zero-order chi connectivity index (χ0) is 22.9. The van der Waals surface area contributed by atoms with Crippen molar-refractivity contribution in [1.29, 1.82) is 0 Å². The van der Waals surface area contributed by atoms with Crippen LogP contribution in [0.4, 0.5) is 10.1 Å². The highest BCUT2D eigenvalue weighted by Gasteiger charge is 2.19. The number of aromatic nitrogens is 2. The Balaban J connectivity index is 1.56. The number of hydrogen-bond acceptors (Lipinski definition) is 5. The summed E-state index contributed by atoms with van der Waals surface area (Å²) in [6.45, 7) is 1.94. The molecule has 0 radical (unpaired) electrons. The lowest BCUT2D eigenvalue weighted by molar-refractivity contribution is -0.113. The minimum absolute atomic E-state index is 0.0108. The molecule has 2 aromatic heterocycles. The first-order chi connectivity index (χ1) is 16.0. The third-order valence-electron chi connectivity index (χ3n) is 5.09. The number of carbonyl (C=O) groups is 1. The number of thioether (sulfide) groups is 1. The summed E-state index contributed by atoms with van der Waals surface area (Å²) in [5, 5.41) is 3.83. The molecule has 8 heteroatoms. The number of furan rings is 1. The molecular formula is C25H18FN3O3S. The lowest BCUT2D eigenvalue weighted by Crippen LogP contribution is -2.22. The van der Waals surface area contributed by atoms with Gasteiger partial charge in [-0.25, -0.2) is 9.37 Å². The highest BCUT2D eigenvalue weighted by Crippen LogP contribution is 2.28. The van der Waals surface area contributed by atoms with E-state index in [4.69, 9.17) is 9.40 Å². The molecule has 0 aliphatic carbocycles. The van der Waals surface area contributed by atoms with Crippen molar-refractivity contribution in [2.24, 2.45) is 0 Å². The van der Waals surface area contributed by atoms with E-state index in [1.165, 1.54) is 28.8 Å². The van der Waals surface area contributed by atoms with E-state index in [0.717, 1.165) is 22.7 Å². The Morgan fingerprint density at radius 3 is 2.67 bits per heavy atom. The van der Waals surface area contributed by atoms with Gasteiger partial charge in [-0.1, -0.05) is 36.0 Å². The predicted octanol–water partition coefficient (Wildman–Crippen LogP) is 5.31. The van der Waals surface area contributed by atoms with E-state index in [-0.39, 0.29) is 28.6 Å². The van der Waals surface area contributed by atoms with Gasteiger partial charge in [0.05, 0.1) is 11.4 Å². The first-order valence-electron chi connectivity index (χ1n) is 10.2. The van der Waals surface area contributed by atoms with Crippen LogP contribution in [-0.2, 0) is 4.79 Å². The lowest BCUT2D eigenvalue weighted by atomic mass is 10.2. The molecule has 0 atom stereocenters. The maximum absolute atomic E-state index is 13.5. The summed E-state index contributed by atoms with van der Waals surface area (Å²) < 4.78 is 20.4. The van der Waals surface area contributed by atoms with Crippen molar-refractivity contribution in [2.75, 3.05) is 11.1 Å². The molecule has 164 valence electrons. The smallest absolute Gasteiger partial charge is 0.302 e. The average molecular weight is 460 g/mol. The first kappa shape index (κ1) is 21.0. The third kappa shape index (κ3) is 4.12. The van der Waals surface area contributed by atoms with E-state index in [0.29, 0.717) is 27.6 Å². The number of nitrogens with one attached hydrogen (secondary N) is 1. The molecule has 3 aromatic carbocycles. The Morgan fingerprint density at radius 2 is 1.88 bits per heavy atom. The largest absolute Gasteiger partial charge is 0.448 e. The fourth-order valence-electron chi connectivity index (χ4n) is 3.57. The van der Waals surface area contributed by atoms with Gasteiger partial charge in [-0.05, 0) is 61.0 Å². The van der Waals surface area contributed by atoms with E-state index in [9.17, 15) is 14.0 Å². The number of carbonyl (C=O) groups excluding carboxylic acids is 1. The van der Waals surface area contributed by atoms with Crippen molar-refractivity contribution in [3.05, 3.63) is 94.5 Å². The van der Waals surface area contributed by atoms with E-state index >= 15 is 0 Å². The molecule has 0 aliphatic rings. The fraction of sp³-hybridized carbons (Fsp3) is 0.0800. The molecule has 0 aliphatic heterocycles. The zero-order valence-corrected chi connectivity index (χ0v) is 18.4. The molecule has 33 heavy (non-hydrogen) atoms. The second kappa shape index (κ2) is 8.55. The summed E-state index contributed by atoms with van der Waals surface area (Å²) >= 11 is 1.14. The number of halogens is 1. The van der Waals surface area contributed by atoms with Gasteiger partial charge in [0, 0.05) is 11.1 Å². The normalized spacial score (nSPS) is 11.2. The molecular weight excluding hydrogens is 441 g/mol. The summed E-state index contributed by atoms with van der Waals surface area (Å²) in [5.41, 5.74) is 2.96. The molecule has 0 spiro atoms. The van der Waals surface area contributed by atoms with Crippen LogP contribution in [0.2, 0.25) is 0 Å². The second-order valence-corrected chi connectivity index (χ2v) is 8.44. The number of amides is 1. The van der Waals surface area contributed by atoms with Crippen LogP contribution in [0.15, 0.2) is 87.2 Å². The molecule has 0 bridgehead atoms. The van der Waals surface area contributed by atoms with E-state index in [1.54, 1.807) is 6.07 Å². The van der Waals surface area contributed by atoms with E-state index in [2.05, 4.69) is 5.32 Å². The number of nitrogens with zero attached hydrogens (tertiary/aromatic N) is 2. The highest BCUT2D eigenvalue weighted by molar-refractivity contribution is 7.99. The minimum atomic E-state index is -0.380. The molecule has 5 aromatic rings. The van der Waals surface area contributed by atoms with Crippen LogP contribution in [0.25, 0.3) is 27.8 Å². The molecule has 0 unspecified atom stereocenters. The number of benzene rings is 3. The van der Waals surface area contributed by atoms with Crippen molar-refractivity contribution in [3.63, 3.8) is 0 Å². The number of hydrogen-bond donors (Lipinski definition) is 1. The molecule has 2 heterocycles. The van der Waals surface area contributed by atoms with Gasteiger partial charge in [-0.15, -0.1) is 0 Å². The Kier molecular flexibility index (Phi) is 5.43. The number of fused-ring (bicyclic) bond motifs is 3. The monoisotopic (exact) mass is 459 g/mol. The van der Waals surface area contributed by atoms with Crippen LogP contribution in [0.5, 0.6) is 0 Å². The number of rotatable bonds is 5. The van der Waals surface area contributed by atoms with E-state index in [1.807, 2.05) is 49.4 Å². The Morgan fingerprint density at radius 1 is 1.09 bits per heavy atom. The number of para-hydroxylation sites is 1. The van der Waals surface area contributed by atoms with Gasteiger partial charge >= 0.3 is 5.56 Å². The van der Waals surface area contributed by atoms with Crippen molar-refractivity contribution in [2.45, 2.75) is 12.1 Å². The SMILES string of the molecule is Cc1cccc(-n2c(SCC(=O)Nc3ccc(F)cc3)nc3c(oc4ccccc43)c2=O)c1. The summed E-state index contributed by atoms with van der Waals surface area (Å²) in [5.74, 6) is -0.667. The van der Waals surface area contributed by atoms with Crippen molar-refractivity contribution >= 4 is 45.4 Å². The predicted molar refractivity (Wildman–Crippen MR) is 128 cm³/mol. The van der Waals surface area contributed by atoms with Crippen LogP contribution in [0, 0.1) is 12.7 Å². The van der Waals surface area contributed by atoms with Gasteiger partial charge in [0.1, 0.15) is 16.9 Å². The van der Waals surface area contributed by atoms with Crippen LogP contribution >= 0.6 is 11.8 Å². The first-order valence-corrected chi connectivity index (χ1v) is 11.2. The number of aryl methyl sites for hydroxylation is 1. The average Bonchev–Trinajstić information content (AvgIpc) is 3.18. The van der Waals surface area contributed by atoms with Gasteiger partial charge < -0.3 is 9.73 Å². The summed E-state index contributed by atoms with van der Waals surface area (Å²) in [6, 6.07) is 20.3. The van der Waals surface area contributed by atoms with Gasteiger partial charge in [-0.2, -0.15) is 0 Å². The van der Waals surface area contributed by atoms with Gasteiger partial charge in [0.15, 0.2) is 5.16 Å². The van der Waals surface area contributed by atoms with Gasteiger partial charge in [-0.3, -0.25) is 14.2 Å². The van der Waals surface area contributed by atoms with Crippen molar-refractivity contribution in [3.8, 4) is 5.69 Å². The van der Waals surface area contributed by atoms with Crippen LogP contribution in [0.3, 0.4) is 0 Å². The van der Waals surface area contributed by atoms with Crippen LogP contribution in [0.1, 0.15) is 5.56 Å². The summed E-state index contributed by atoms with van der Waals surface area (Å²) in [4.78, 5) is 30.7. The number of anilines is 1. The summed E-state index contributed by atoms with van der Waals surface area (Å²) in [7, 11) is 0. The Hall–Kier alpha value is -3.91.